The standard InChI is InChI=1S/C20H15N3O2S/c1-12-9-18(24)22-16-10-14(7-8-15(12)16)21-19(25)17-11-26-20(23-17)13-5-3-2-4-6-13/h2-11,15H,1H3,(H,22,24). The van der Waals surface area contributed by atoms with Crippen molar-refractivity contribution in [3.05, 3.63) is 77.0 Å². The minimum absolute atomic E-state index is 0.0331. The van der Waals surface area contributed by atoms with E-state index in [9.17, 15) is 9.59 Å². The van der Waals surface area contributed by atoms with Gasteiger partial charge < -0.3 is 5.32 Å². The SMILES string of the molecule is CC1=CC(=O)NC2=CC(=NC(=O)c3csc(-c4ccccc4)n3)C=CC12. The predicted octanol–water partition coefficient (Wildman–Crippen LogP) is 3.54. The van der Waals surface area contributed by atoms with Gasteiger partial charge >= 0.3 is 0 Å². The molecule has 26 heavy (non-hydrogen) atoms. The molecule has 2 heterocycles. The van der Waals surface area contributed by atoms with E-state index in [2.05, 4.69) is 15.3 Å². The highest BCUT2D eigenvalue weighted by atomic mass is 32.1. The summed E-state index contributed by atoms with van der Waals surface area (Å²) in [6.07, 6.45) is 7.05. The molecule has 0 bridgehead atoms. The number of nitrogens with zero attached hydrogens (tertiary/aromatic N) is 2. The fourth-order valence-corrected chi connectivity index (χ4v) is 3.71. The number of fused-ring (bicyclic) bond motifs is 1. The first-order valence-corrected chi connectivity index (χ1v) is 9.01. The minimum atomic E-state index is -0.396. The van der Waals surface area contributed by atoms with Crippen molar-refractivity contribution in [2.75, 3.05) is 0 Å². The fraction of sp³-hybridized carbons (Fsp3) is 0.100. The molecule has 1 aromatic heterocycles. The summed E-state index contributed by atoms with van der Waals surface area (Å²) in [6, 6.07) is 9.71. The molecule has 2 aliphatic rings. The summed E-state index contributed by atoms with van der Waals surface area (Å²) in [5, 5.41) is 5.31. The van der Waals surface area contributed by atoms with Crippen LogP contribution >= 0.6 is 11.3 Å². The molecule has 1 aliphatic carbocycles. The third-order valence-corrected chi connectivity index (χ3v) is 5.08. The van der Waals surface area contributed by atoms with Gasteiger partial charge in [0.1, 0.15) is 10.7 Å². The van der Waals surface area contributed by atoms with Gasteiger partial charge in [-0.3, -0.25) is 9.59 Å². The number of nitrogens with one attached hydrogen (secondary N) is 1. The Morgan fingerprint density at radius 3 is 2.85 bits per heavy atom. The number of thiazole rings is 1. The van der Waals surface area contributed by atoms with Crippen LogP contribution in [0.5, 0.6) is 0 Å². The Bertz CT molecular complexity index is 1010. The van der Waals surface area contributed by atoms with Gasteiger partial charge in [-0.25, -0.2) is 9.98 Å². The van der Waals surface area contributed by atoms with E-state index in [4.69, 9.17) is 0 Å². The van der Waals surface area contributed by atoms with Gasteiger partial charge in [-0.1, -0.05) is 42.0 Å². The van der Waals surface area contributed by atoms with Crippen molar-refractivity contribution in [1.82, 2.24) is 10.3 Å². The Morgan fingerprint density at radius 1 is 1.23 bits per heavy atom. The van der Waals surface area contributed by atoms with Crippen molar-refractivity contribution in [2.24, 2.45) is 10.9 Å². The molecule has 1 aliphatic heterocycles. The van der Waals surface area contributed by atoms with Crippen molar-refractivity contribution in [3.63, 3.8) is 0 Å². The maximum Gasteiger partial charge on any atom is 0.297 e. The van der Waals surface area contributed by atoms with E-state index in [0.717, 1.165) is 21.8 Å². The molecule has 6 heteroatoms. The average Bonchev–Trinajstić information content (AvgIpc) is 3.12. The lowest BCUT2D eigenvalue weighted by Gasteiger charge is -2.25. The van der Waals surface area contributed by atoms with Crippen LogP contribution in [-0.2, 0) is 4.79 Å². The molecule has 1 N–H and O–H groups in total. The molecular weight excluding hydrogens is 346 g/mol. The van der Waals surface area contributed by atoms with Crippen LogP contribution in [0, 0.1) is 5.92 Å². The van der Waals surface area contributed by atoms with Gasteiger partial charge in [0.2, 0.25) is 5.91 Å². The zero-order valence-electron chi connectivity index (χ0n) is 14.0. The number of amides is 2. The summed E-state index contributed by atoms with van der Waals surface area (Å²) in [5.74, 6) is -0.517. The highest BCUT2D eigenvalue weighted by molar-refractivity contribution is 7.13. The van der Waals surface area contributed by atoms with Gasteiger partial charge in [0.05, 0.1) is 5.71 Å². The number of carbonyl (C=O) groups is 2. The molecule has 0 saturated heterocycles. The molecule has 5 nitrogen and oxygen atoms in total. The lowest BCUT2D eigenvalue weighted by Crippen LogP contribution is -2.32. The third kappa shape index (κ3) is 3.19. The van der Waals surface area contributed by atoms with Crippen molar-refractivity contribution in [3.8, 4) is 10.6 Å². The van der Waals surface area contributed by atoms with Crippen LogP contribution in [0.15, 0.2) is 76.3 Å². The van der Waals surface area contributed by atoms with E-state index in [1.54, 1.807) is 23.6 Å². The van der Waals surface area contributed by atoms with Crippen molar-refractivity contribution in [1.29, 1.82) is 0 Å². The summed E-state index contributed by atoms with van der Waals surface area (Å²) in [4.78, 5) is 32.6. The molecule has 2 amide bonds. The topological polar surface area (TPSA) is 71.4 Å². The fourth-order valence-electron chi connectivity index (χ4n) is 2.91. The molecule has 0 fully saturated rings. The molecule has 2 aromatic rings. The highest BCUT2D eigenvalue weighted by Gasteiger charge is 2.24. The van der Waals surface area contributed by atoms with Gasteiger partial charge in [0.25, 0.3) is 5.91 Å². The van der Waals surface area contributed by atoms with Crippen molar-refractivity contribution >= 4 is 28.9 Å². The van der Waals surface area contributed by atoms with Crippen LogP contribution < -0.4 is 5.32 Å². The molecule has 1 unspecified atom stereocenters. The van der Waals surface area contributed by atoms with E-state index in [1.165, 1.54) is 11.3 Å². The average molecular weight is 361 g/mol. The first-order chi connectivity index (χ1) is 12.6. The lowest BCUT2D eigenvalue weighted by molar-refractivity contribution is -0.116. The summed E-state index contributed by atoms with van der Waals surface area (Å²) >= 11 is 1.41. The molecule has 128 valence electrons. The lowest BCUT2D eigenvalue weighted by atomic mass is 9.89. The number of allylic oxidation sites excluding steroid dienone is 3. The Labute approximate surface area is 154 Å². The first kappa shape index (κ1) is 16.4. The van der Waals surface area contributed by atoms with Gasteiger partial charge in [-0.2, -0.15) is 0 Å². The largest absolute Gasteiger partial charge is 0.325 e. The van der Waals surface area contributed by atoms with Gasteiger partial charge in [0.15, 0.2) is 0 Å². The molecule has 0 saturated carbocycles. The summed E-state index contributed by atoms with van der Waals surface area (Å²) in [6.45, 7) is 1.91. The van der Waals surface area contributed by atoms with Crippen LogP contribution in [0.4, 0.5) is 0 Å². The molecule has 4 rings (SSSR count). The Hall–Kier alpha value is -3.12. The van der Waals surface area contributed by atoms with Gasteiger partial charge in [-0.15, -0.1) is 11.3 Å². The number of benzene rings is 1. The van der Waals surface area contributed by atoms with E-state index < -0.39 is 5.91 Å². The van der Waals surface area contributed by atoms with Crippen molar-refractivity contribution in [2.45, 2.75) is 6.92 Å². The van der Waals surface area contributed by atoms with Gasteiger partial charge in [-0.05, 0) is 19.1 Å². The van der Waals surface area contributed by atoms with E-state index in [-0.39, 0.29) is 11.8 Å². The molecular formula is C20H15N3O2S. The maximum atomic E-state index is 12.4. The summed E-state index contributed by atoms with van der Waals surface area (Å²) in [7, 11) is 0. The molecule has 1 aromatic carbocycles. The van der Waals surface area contributed by atoms with Crippen LogP contribution in [-0.4, -0.2) is 22.5 Å². The summed E-state index contributed by atoms with van der Waals surface area (Å²) < 4.78 is 0. The molecule has 1 atom stereocenters. The second-order valence-corrected chi connectivity index (χ2v) is 6.92. The Balaban J connectivity index is 1.57. The van der Waals surface area contributed by atoms with Gasteiger partial charge in [0, 0.05) is 28.6 Å². The summed E-state index contributed by atoms with van der Waals surface area (Å²) in [5.41, 5.74) is 3.50. The van der Waals surface area contributed by atoms with E-state index in [0.29, 0.717) is 11.4 Å². The van der Waals surface area contributed by atoms with E-state index in [1.807, 2.05) is 43.3 Å². The molecule has 0 spiro atoms. The third-order valence-electron chi connectivity index (χ3n) is 4.19. The quantitative estimate of drug-likeness (QED) is 0.889. The number of aromatic nitrogens is 1. The van der Waals surface area contributed by atoms with E-state index >= 15 is 0 Å². The van der Waals surface area contributed by atoms with Crippen molar-refractivity contribution < 1.29 is 9.59 Å². The zero-order valence-corrected chi connectivity index (χ0v) is 14.8. The number of hydrogen-bond acceptors (Lipinski definition) is 4. The first-order valence-electron chi connectivity index (χ1n) is 8.13. The number of hydrogen-bond donors (Lipinski definition) is 1. The zero-order chi connectivity index (χ0) is 18.1. The van der Waals surface area contributed by atoms with Crippen LogP contribution in [0.1, 0.15) is 17.4 Å². The molecule has 0 radical (unpaired) electrons. The maximum absolute atomic E-state index is 12.4. The number of aliphatic imine (C=N–C) groups is 1. The normalized spacial score (nSPS) is 20.3. The second kappa shape index (κ2) is 6.65. The highest BCUT2D eigenvalue weighted by Crippen LogP contribution is 2.27. The smallest absolute Gasteiger partial charge is 0.297 e. The second-order valence-electron chi connectivity index (χ2n) is 6.06. The Kier molecular flexibility index (Phi) is 4.18. The monoisotopic (exact) mass is 361 g/mol. The number of rotatable bonds is 2. The van der Waals surface area contributed by atoms with Crippen LogP contribution in [0.2, 0.25) is 0 Å². The Morgan fingerprint density at radius 2 is 2.04 bits per heavy atom. The minimum Gasteiger partial charge on any atom is -0.325 e. The number of carbonyl (C=O) groups excluding carboxylic acids is 2. The van der Waals surface area contributed by atoms with Crippen LogP contribution in [0.25, 0.3) is 10.6 Å². The predicted molar refractivity (Wildman–Crippen MR) is 102 cm³/mol. The van der Waals surface area contributed by atoms with Crippen LogP contribution in [0.3, 0.4) is 0 Å².